The first-order valence-electron chi connectivity index (χ1n) is 7.73. The lowest BCUT2D eigenvalue weighted by Crippen LogP contribution is -2.57. The molecule has 4 rings (SSSR count). The predicted octanol–water partition coefficient (Wildman–Crippen LogP) is 3.52. The fourth-order valence-electron chi connectivity index (χ4n) is 5.17. The Morgan fingerprint density at radius 3 is 2.13 bits per heavy atom. The van der Waals surface area contributed by atoms with Crippen LogP contribution in [0.15, 0.2) is 0 Å². The first kappa shape index (κ1) is 17.5. The standard InChI is InChI=1S/C15H19BrF4O3/c16-15(10(17)18,11(19)20)12(21)23-7-13-2-8-1-9(3-13)5-14(22,4-8)6-13/h8-11,22H,1-7H2. The van der Waals surface area contributed by atoms with Crippen LogP contribution < -0.4 is 0 Å². The van der Waals surface area contributed by atoms with Crippen LogP contribution in [0.25, 0.3) is 0 Å². The van der Waals surface area contributed by atoms with Gasteiger partial charge in [0.15, 0.2) is 0 Å². The average molecular weight is 403 g/mol. The van der Waals surface area contributed by atoms with Crippen LogP contribution in [0.2, 0.25) is 0 Å². The summed E-state index contributed by atoms with van der Waals surface area (Å²) in [5, 5.41) is 10.6. The summed E-state index contributed by atoms with van der Waals surface area (Å²) in [6.45, 7) is -0.187. The van der Waals surface area contributed by atoms with Crippen molar-refractivity contribution in [3.63, 3.8) is 0 Å². The third-order valence-electron chi connectivity index (χ3n) is 5.61. The minimum atomic E-state index is -3.57. The Balaban J connectivity index is 1.70. The quantitative estimate of drug-likeness (QED) is 0.434. The van der Waals surface area contributed by atoms with Crippen molar-refractivity contribution in [1.82, 2.24) is 0 Å². The van der Waals surface area contributed by atoms with Gasteiger partial charge in [0.2, 0.25) is 4.32 Å². The Hall–Kier alpha value is -0.370. The van der Waals surface area contributed by atoms with E-state index in [0.29, 0.717) is 18.3 Å². The lowest BCUT2D eigenvalue weighted by Gasteiger charge is -2.59. The predicted molar refractivity (Wildman–Crippen MR) is 76.7 cm³/mol. The summed E-state index contributed by atoms with van der Waals surface area (Å²) in [6, 6.07) is 0. The second-order valence-corrected chi connectivity index (χ2v) is 8.94. The summed E-state index contributed by atoms with van der Waals surface area (Å²) in [4.78, 5) is 11.8. The molecule has 0 aromatic rings. The molecule has 23 heavy (non-hydrogen) atoms. The van der Waals surface area contributed by atoms with Crippen LogP contribution in [0.1, 0.15) is 38.5 Å². The van der Waals surface area contributed by atoms with Gasteiger partial charge in [-0.05, 0) is 50.4 Å². The number of carbonyl (C=O) groups excluding carboxylic acids is 1. The van der Waals surface area contributed by atoms with E-state index in [1.165, 1.54) is 0 Å². The molecule has 0 aromatic carbocycles. The van der Waals surface area contributed by atoms with E-state index in [2.05, 4.69) is 15.9 Å². The van der Waals surface area contributed by atoms with Crippen molar-refractivity contribution in [2.75, 3.05) is 6.61 Å². The molecule has 0 aromatic heterocycles. The molecule has 1 N–H and O–H groups in total. The van der Waals surface area contributed by atoms with Gasteiger partial charge in [0.05, 0.1) is 12.2 Å². The van der Waals surface area contributed by atoms with Gasteiger partial charge in [-0.2, -0.15) is 0 Å². The van der Waals surface area contributed by atoms with Gasteiger partial charge in [-0.1, -0.05) is 15.9 Å². The van der Waals surface area contributed by atoms with Crippen LogP contribution in [0.4, 0.5) is 17.6 Å². The fourth-order valence-corrected chi connectivity index (χ4v) is 5.29. The van der Waals surface area contributed by atoms with Crippen LogP contribution in [-0.2, 0) is 9.53 Å². The highest BCUT2D eigenvalue weighted by Gasteiger charge is 2.59. The Kier molecular flexibility index (Phi) is 4.23. The molecule has 4 bridgehead atoms. The van der Waals surface area contributed by atoms with Crippen molar-refractivity contribution >= 4 is 21.9 Å². The monoisotopic (exact) mass is 402 g/mol. The molecular formula is C15H19BrF4O3. The van der Waals surface area contributed by atoms with E-state index in [-0.39, 0.29) is 6.61 Å². The van der Waals surface area contributed by atoms with Crippen LogP contribution in [0, 0.1) is 17.3 Å². The molecule has 4 aliphatic rings. The van der Waals surface area contributed by atoms with E-state index < -0.39 is 34.2 Å². The van der Waals surface area contributed by atoms with Crippen molar-refractivity contribution < 1.29 is 32.2 Å². The molecule has 0 spiro atoms. The Bertz CT molecular complexity index is 477. The maximum atomic E-state index is 12.9. The summed E-state index contributed by atoms with van der Waals surface area (Å²) in [7, 11) is 0. The molecular weight excluding hydrogens is 384 g/mol. The van der Waals surface area contributed by atoms with E-state index in [9.17, 15) is 27.5 Å². The van der Waals surface area contributed by atoms with Gasteiger partial charge in [0, 0.05) is 5.41 Å². The van der Waals surface area contributed by atoms with Crippen molar-refractivity contribution in [3.8, 4) is 0 Å². The third kappa shape index (κ3) is 2.90. The average Bonchev–Trinajstić information content (AvgIpc) is 2.40. The number of ether oxygens (including phenoxy) is 1. The van der Waals surface area contributed by atoms with Gasteiger partial charge in [-0.15, -0.1) is 0 Å². The van der Waals surface area contributed by atoms with E-state index in [0.717, 1.165) is 32.1 Å². The smallest absolute Gasteiger partial charge is 0.334 e. The summed E-state index contributed by atoms with van der Waals surface area (Å²) < 4.78 is 53.1. The molecule has 0 amide bonds. The second kappa shape index (κ2) is 5.58. The number of rotatable bonds is 5. The maximum absolute atomic E-state index is 12.9. The highest BCUT2D eigenvalue weighted by molar-refractivity contribution is 9.10. The molecule has 2 unspecified atom stereocenters. The number of esters is 1. The van der Waals surface area contributed by atoms with Crippen molar-refractivity contribution in [3.05, 3.63) is 0 Å². The van der Waals surface area contributed by atoms with E-state index in [1.807, 2.05) is 0 Å². The maximum Gasteiger partial charge on any atom is 0.334 e. The van der Waals surface area contributed by atoms with Crippen LogP contribution >= 0.6 is 15.9 Å². The summed E-state index contributed by atoms with van der Waals surface area (Å²) in [5.74, 6) is -0.969. The minimum Gasteiger partial charge on any atom is -0.464 e. The zero-order valence-corrected chi connectivity index (χ0v) is 14.0. The molecule has 8 heteroatoms. The first-order chi connectivity index (χ1) is 10.6. The van der Waals surface area contributed by atoms with E-state index in [1.54, 1.807) is 0 Å². The van der Waals surface area contributed by atoms with E-state index >= 15 is 0 Å². The lowest BCUT2D eigenvalue weighted by atomic mass is 9.48. The molecule has 132 valence electrons. The molecule has 0 saturated heterocycles. The number of hydrogen-bond donors (Lipinski definition) is 1. The van der Waals surface area contributed by atoms with Gasteiger partial charge in [-0.3, -0.25) is 4.79 Å². The largest absolute Gasteiger partial charge is 0.464 e. The number of halogens is 5. The molecule has 0 radical (unpaired) electrons. The molecule has 2 atom stereocenters. The normalized spacial score (nSPS) is 39.3. The molecule has 0 heterocycles. The van der Waals surface area contributed by atoms with Gasteiger partial charge in [-0.25, -0.2) is 17.6 Å². The van der Waals surface area contributed by atoms with Gasteiger partial charge in [0.1, 0.15) is 0 Å². The third-order valence-corrected chi connectivity index (χ3v) is 6.62. The SMILES string of the molecule is O=C(OCC12CC3CC(CC(O)(C3)C1)C2)C(Br)(C(F)F)C(F)F. The van der Waals surface area contributed by atoms with Crippen molar-refractivity contribution in [1.29, 1.82) is 0 Å². The zero-order chi connectivity index (χ0) is 17.0. The van der Waals surface area contributed by atoms with Crippen molar-refractivity contribution in [2.24, 2.45) is 17.3 Å². The summed E-state index contributed by atoms with van der Waals surface area (Å²) >= 11 is 2.18. The second-order valence-electron chi connectivity index (χ2n) is 7.63. The zero-order valence-electron chi connectivity index (χ0n) is 12.4. The van der Waals surface area contributed by atoms with Gasteiger partial charge in [0.25, 0.3) is 12.9 Å². The first-order valence-corrected chi connectivity index (χ1v) is 8.53. The number of alkyl halides is 5. The molecule has 4 saturated carbocycles. The Morgan fingerprint density at radius 2 is 1.70 bits per heavy atom. The van der Waals surface area contributed by atoms with Gasteiger partial charge >= 0.3 is 5.97 Å². The minimum absolute atomic E-state index is 0.187. The molecule has 4 aliphatic carbocycles. The lowest BCUT2D eigenvalue weighted by molar-refractivity contribution is -0.191. The van der Waals surface area contributed by atoms with Crippen LogP contribution in [0.3, 0.4) is 0 Å². The van der Waals surface area contributed by atoms with Gasteiger partial charge < -0.3 is 9.84 Å². The number of hydrogen-bond acceptors (Lipinski definition) is 3. The molecule has 3 nitrogen and oxygen atoms in total. The summed E-state index contributed by atoms with van der Waals surface area (Å²) in [6.07, 6.45) is -2.75. The number of aliphatic hydroxyl groups is 1. The Morgan fingerprint density at radius 1 is 1.17 bits per heavy atom. The highest BCUT2D eigenvalue weighted by atomic mass is 79.9. The summed E-state index contributed by atoms with van der Waals surface area (Å²) in [5.41, 5.74) is -1.25. The van der Waals surface area contributed by atoms with Crippen LogP contribution in [0.5, 0.6) is 0 Å². The van der Waals surface area contributed by atoms with Crippen molar-refractivity contribution in [2.45, 2.75) is 61.3 Å². The van der Waals surface area contributed by atoms with E-state index in [4.69, 9.17) is 4.74 Å². The molecule has 4 fully saturated rings. The number of carbonyl (C=O) groups is 1. The fraction of sp³-hybridized carbons (Fsp3) is 0.933. The molecule has 0 aliphatic heterocycles. The highest BCUT2D eigenvalue weighted by Crippen LogP contribution is 2.61. The Labute approximate surface area is 139 Å². The van der Waals surface area contributed by atoms with Crippen LogP contribution in [-0.4, -0.2) is 40.5 Å². The topological polar surface area (TPSA) is 46.5 Å².